The molecular formula is C25H22Cl2N2O3. The summed E-state index contributed by atoms with van der Waals surface area (Å²) >= 11 is 12.9. The third kappa shape index (κ3) is 3.55. The van der Waals surface area contributed by atoms with E-state index in [1.165, 1.54) is 5.56 Å². The van der Waals surface area contributed by atoms with E-state index in [9.17, 15) is 0 Å². The Morgan fingerprint density at radius 1 is 0.969 bits per heavy atom. The Bertz CT molecular complexity index is 1210. The van der Waals surface area contributed by atoms with E-state index in [1.807, 2.05) is 29.3 Å². The molecule has 0 spiro atoms. The number of hydrogen-bond acceptors (Lipinski definition) is 5. The van der Waals surface area contributed by atoms with Crippen molar-refractivity contribution in [1.82, 2.24) is 5.01 Å². The van der Waals surface area contributed by atoms with Crippen LogP contribution in [0.5, 0.6) is 17.2 Å². The Balaban J connectivity index is 1.62. The fraction of sp³-hybridized carbons (Fsp3) is 0.240. The molecule has 2 heterocycles. The molecule has 0 fully saturated rings. The van der Waals surface area contributed by atoms with Gasteiger partial charge in [-0.25, -0.2) is 5.01 Å². The van der Waals surface area contributed by atoms with Crippen molar-refractivity contribution in [3.8, 4) is 17.2 Å². The molecule has 3 aromatic carbocycles. The highest BCUT2D eigenvalue weighted by Crippen LogP contribution is 2.51. The summed E-state index contributed by atoms with van der Waals surface area (Å²) in [5.41, 5.74) is 5.11. The molecular weight excluding hydrogens is 447 g/mol. The second kappa shape index (κ2) is 8.23. The van der Waals surface area contributed by atoms with E-state index in [4.69, 9.17) is 42.5 Å². The fourth-order valence-electron chi connectivity index (χ4n) is 4.26. The molecule has 0 saturated heterocycles. The van der Waals surface area contributed by atoms with Crippen molar-refractivity contribution >= 4 is 28.9 Å². The van der Waals surface area contributed by atoms with E-state index >= 15 is 0 Å². The Labute approximate surface area is 197 Å². The van der Waals surface area contributed by atoms with Gasteiger partial charge in [-0.2, -0.15) is 5.10 Å². The minimum atomic E-state index is -0.478. The van der Waals surface area contributed by atoms with Crippen molar-refractivity contribution in [1.29, 1.82) is 0 Å². The fourth-order valence-corrected chi connectivity index (χ4v) is 4.82. The highest BCUT2D eigenvalue weighted by molar-refractivity contribution is 6.35. The molecule has 5 rings (SSSR count). The molecule has 32 heavy (non-hydrogen) atoms. The van der Waals surface area contributed by atoms with Crippen LogP contribution in [0, 0.1) is 6.92 Å². The zero-order valence-electron chi connectivity index (χ0n) is 17.9. The number of benzene rings is 3. The van der Waals surface area contributed by atoms with Crippen molar-refractivity contribution in [2.24, 2.45) is 5.10 Å². The molecule has 0 N–H and O–H groups in total. The van der Waals surface area contributed by atoms with Gasteiger partial charge in [0.1, 0.15) is 5.75 Å². The summed E-state index contributed by atoms with van der Waals surface area (Å²) in [4.78, 5) is 0. The van der Waals surface area contributed by atoms with Gasteiger partial charge in [-0.05, 0) is 42.8 Å². The molecule has 0 aliphatic carbocycles. The number of nitrogens with zero attached hydrogens (tertiary/aromatic N) is 2. The zero-order chi connectivity index (χ0) is 22.4. The van der Waals surface area contributed by atoms with E-state index in [2.05, 4.69) is 31.2 Å². The molecule has 0 amide bonds. The topological polar surface area (TPSA) is 43.3 Å². The van der Waals surface area contributed by atoms with Crippen LogP contribution in [0.2, 0.25) is 10.0 Å². The second-order valence-electron chi connectivity index (χ2n) is 7.90. The van der Waals surface area contributed by atoms with Crippen molar-refractivity contribution < 1.29 is 14.2 Å². The van der Waals surface area contributed by atoms with Gasteiger partial charge in [-0.15, -0.1) is 0 Å². The lowest BCUT2D eigenvalue weighted by molar-refractivity contribution is -0.0190. The first-order chi connectivity index (χ1) is 15.5. The van der Waals surface area contributed by atoms with Crippen LogP contribution in [0.1, 0.15) is 40.9 Å². The lowest BCUT2D eigenvalue weighted by Gasteiger charge is -2.38. The van der Waals surface area contributed by atoms with Gasteiger partial charge in [0.25, 0.3) is 0 Å². The van der Waals surface area contributed by atoms with Gasteiger partial charge in [0.2, 0.25) is 6.23 Å². The van der Waals surface area contributed by atoms with Gasteiger partial charge < -0.3 is 14.2 Å². The first-order valence-corrected chi connectivity index (χ1v) is 11.0. The maximum atomic E-state index is 6.56. The number of aryl methyl sites for hydroxylation is 1. The third-order valence-corrected chi connectivity index (χ3v) is 6.38. The van der Waals surface area contributed by atoms with Crippen LogP contribution in [0.25, 0.3) is 0 Å². The van der Waals surface area contributed by atoms with Crippen molar-refractivity contribution in [2.45, 2.75) is 25.6 Å². The molecule has 2 atom stereocenters. The van der Waals surface area contributed by atoms with Crippen LogP contribution in [-0.4, -0.2) is 24.9 Å². The van der Waals surface area contributed by atoms with Gasteiger partial charge >= 0.3 is 0 Å². The number of halogens is 2. The van der Waals surface area contributed by atoms with Crippen molar-refractivity contribution in [2.75, 3.05) is 14.2 Å². The second-order valence-corrected chi connectivity index (χ2v) is 8.75. The molecule has 2 aliphatic rings. The number of rotatable bonds is 4. The van der Waals surface area contributed by atoms with E-state index in [0.29, 0.717) is 27.3 Å². The van der Waals surface area contributed by atoms with Crippen LogP contribution in [0.3, 0.4) is 0 Å². The standard InChI is InChI=1S/C25H22Cl2N2O3/c1-14-4-6-15(7-5-14)20-13-21-18-11-17(26)12-19(27)24(18)32-25(29(21)28-20)16-8-9-22(30-2)23(10-16)31-3/h4-12,21,25H,13H2,1-3H3. The number of ether oxygens (including phenoxy) is 3. The van der Waals surface area contributed by atoms with Crippen LogP contribution in [0.4, 0.5) is 0 Å². The van der Waals surface area contributed by atoms with Crippen LogP contribution in [-0.2, 0) is 0 Å². The van der Waals surface area contributed by atoms with Crippen LogP contribution in [0.15, 0.2) is 59.7 Å². The Morgan fingerprint density at radius 2 is 1.72 bits per heavy atom. The molecule has 5 nitrogen and oxygen atoms in total. The molecule has 7 heteroatoms. The monoisotopic (exact) mass is 468 g/mol. The van der Waals surface area contributed by atoms with Gasteiger partial charge in [0.15, 0.2) is 11.5 Å². The Hall–Kier alpha value is -2.89. The Kier molecular flexibility index (Phi) is 5.39. The predicted molar refractivity (Wildman–Crippen MR) is 126 cm³/mol. The van der Waals surface area contributed by atoms with Gasteiger partial charge in [-0.1, -0.05) is 53.0 Å². The van der Waals surface area contributed by atoms with Gasteiger partial charge in [0, 0.05) is 22.6 Å². The summed E-state index contributed by atoms with van der Waals surface area (Å²) in [5, 5.41) is 8.04. The molecule has 0 saturated carbocycles. The quantitative estimate of drug-likeness (QED) is 0.434. The molecule has 0 radical (unpaired) electrons. The van der Waals surface area contributed by atoms with Gasteiger partial charge in [0.05, 0.1) is 31.0 Å². The smallest absolute Gasteiger partial charge is 0.214 e. The zero-order valence-corrected chi connectivity index (χ0v) is 19.4. The molecule has 2 aliphatic heterocycles. The first-order valence-electron chi connectivity index (χ1n) is 10.3. The summed E-state index contributed by atoms with van der Waals surface area (Å²) in [6.45, 7) is 2.07. The summed E-state index contributed by atoms with van der Waals surface area (Å²) in [6, 6.07) is 17.7. The van der Waals surface area contributed by atoms with E-state index < -0.39 is 6.23 Å². The minimum absolute atomic E-state index is 0.0515. The average Bonchev–Trinajstić information content (AvgIpc) is 3.24. The number of hydrogen-bond donors (Lipinski definition) is 0. The predicted octanol–water partition coefficient (Wildman–Crippen LogP) is 6.56. The van der Waals surface area contributed by atoms with Crippen molar-refractivity contribution in [3.05, 3.63) is 86.9 Å². The van der Waals surface area contributed by atoms with Crippen LogP contribution < -0.4 is 14.2 Å². The average molecular weight is 469 g/mol. The number of hydrazone groups is 1. The molecule has 2 unspecified atom stereocenters. The van der Waals surface area contributed by atoms with Gasteiger partial charge in [-0.3, -0.25) is 0 Å². The molecule has 0 aromatic heterocycles. The first kappa shape index (κ1) is 21.0. The van der Waals surface area contributed by atoms with Crippen LogP contribution >= 0.6 is 23.2 Å². The van der Waals surface area contributed by atoms with E-state index in [0.717, 1.165) is 28.8 Å². The summed E-state index contributed by atoms with van der Waals surface area (Å²) in [7, 11) is 3.23. The third-order valence-electron chi connectivity index (χ3n) is 5.89. The van der Waals surface area contributed by atoms with E-state index in [-0.39, 0.29) is 6.04 Å². The SMILES string of the molecule is COc1ccc(C2Oc3c(Cl)cc(Cl)cc3C3CC(c4ccc(C)cc4)=NN32)cc1OC. The van der Waals surface area contributed by atoms with E-state index in [1.54, 1.807) is 20.3 Å². The summed E-state index contributed by atoms with van der Waals surface area (Å²) in [5.74, 6) is 1.91. The normalized spacial score (nSPS) is 19.0. The lowest BCUT2D eigenvalue weighted by Crippen LogP contribution is -2.33. The highest BCUT2D eigenvalue weighted by atomic mass is 35.5. The Morgan fingerprint density at radius 3 is 2.44 bits per heavy atom. The number of methoxy groups -OCH3 is 2. The largest absolute Gasteiger partial charge is 0.493 e. The number of fused-ring (bicyclic) bond motifs is 3. The highest BCUT2D eigenvalue weighted by Gasteiger charge is 2.42. The molecule has 164 valence electrons. The molecule has 3 aromatic rings. The summed E-state index contributed by atoms with van der Waals surface area (Å²) in [6.07, 6.45) is 0.244. The molecule has 0 bridgehead atoms. The lowest BCUT2D eigenvalue weighted by atomic mass is 9.95. The maximum Gasteiger partial charge on any atom is 0.214 e. The minimum Gasteiger partial charge on any atom is -0.493 e. The summed E-state index contributed by atoms with van der Waals surface area (Å²) < 4.78 is 17.3. The van der Waals surface area contributed by atoms with Crippen molar-refractivity contribution in [3.63, 3.8) is 0 Å². The maximum absolute atomic E-state index is 6.56.